The molecule has 2 aromatic carbocycles. The molecule has 0 bridgehead atoms. The van der Waals surface area contributed by atoms with Gasteiger partial charge in [0.15, 0.2) is 11.8 Å². The van der Waals surface area contributed by atoms with Crippen LogP contribution in [-0.4, -0.2) is 63.7 Å². The number of carbonyl (C=O) groups excluding carboxylic acids is 1. The van der Waals surface area contributed by atoms with Crippen molar-refractivity contribution in [3.8, 4) is 28.1 Å². The number of methoxy groups -OCH3 is 1. The van der Waals surface area contributed by atoms with E-state index in [1.807, 2.05) is 27.7 Å². The lowest BCUT2D eigenvalue weighted by molar-refractivity contribution is -0.164. The molecule has 1 N–H and O–H groups in total. The standard InChI is InChI=1S/C36H41F3N4O5/c1-8-18-47-35(6)14-16-42(17-15-35)32-30(31(33(45)46-7)48-34(3,4)5)22(2)40-29-21-27(41-43(29)32)24-11-9-10-23(19-24)26-20-25(36(37,38)39)12-13-28(26)44/h8-13,19-21,31,44H,1,14-18H2,2-7H3/t31-/m0/s1. The first kappa shape index (κ1) is 34.9. The summed E-state index contributed by atoms with van der Waals surface area (Å²) in [5.74, 6) is -0.227. The van der Waals surface area contributed by atoms with Crippen molar-refractivity contribution in [2.75, 3.05) is 31.7 Å². The van der Waals surface area contributed by atoms with Gasteiger partial charge in [0.05, 0.1) is 41.7 Å². The molecule has 0 aliphatic carbocycles. The number of hydrogen-bond donors (Lipinski definition) is 1. The molecule has 0 radical (unpaired) electrons. The average Bonchev–Trinajstić information content (AvgIpc) is 3.45. The number of esters is 1. The normalized spacial score (nSPS) is 15.8. The van der Waals surface area contributed by atoms with Crippen LogP contribution < -0.4 is 4.90 Å². The van der Waals surface area contributed by atoms with E-state index in [1.165, 1.54) is 7.11 Å². The molecule has 1 atom stereocenters. The van der Waals surface area contributed by atoms with Gasteiger partial charge in [0.2, 0.25) is 0 Å². The van der Waals surface area contributed by atoms with Crippen LogP contribution in [0.4, 0.5) is 19.0 Å². The molecule has 0 unspecified atom stereocenters. The second-order valence-corrected chi connectivity index (χ2v) is 13.2. The molecule has 1 aliphatic rings. The van der Waals surface area contributed by atoms with Gasteiger partial charge >= 0.3 is 12.1 Å². The van der Waals surface area contributed by atoms with Crippen LogP contribution in [0.3, 0.4) is 0 Å². The average molecular weight is 667 g/mol. The summed E-state index contributed by atoms with van der Waals surface area (Å²) in [6.45, 7) is 14.8. The fourth-order valence-corrected chi connectivity index (χ4v) is 5.94. The summed E-state index contributed by atoms with van der Waals surface area (Å²) in [5, 5.41) is 15.4. The van der Waals surface area contributed by atoms with Crippen LogP contribution in [0.1, 0.15) is 63.5 Å². The molecular formula is C36H41F3N4O5. The minimum absolute atomic E-state index is 0.0441. The molecule has 1 aliphatic heterocycles. The van der Waals surface area contributed by atoms with Crippen LogP contribution in [0.2, 0.25) is 0 Å². The number of aromatic hydroxyl groups is 1. The number of aryl methyl sites for hydroxylation is 1. The predicted molar refractivity (Wildman–Crippen MR) is 177 cm³/mol. The van der Waals surface area contributed by atoms with Crippen molar-refractivity contribution in [2.24, 2.45) is 0 Å². The Morgan fingerprint density at radius 1 is 1.10 bits per heavy atom. The molecule has 0 amide bonds. The largest absolute Gasteiger partial charge is 0.507 e. The Morgan fingerprint density at radius 2 is 1.79 bits per heavy atom. The minimum atomic E-state index is -4.57. The number of benzene rings is 2. The van der Waals surface area contributed by atoms with Gasteiger partial charge in [-0.2, -0.15) is 22.8 Å². The Balaban J connectivity index is 1.66. The van der Waals surface area contributed by atoms with Gasteiger partial charge < -0.3 is 24.2 Å². The predicted octanol–water partition coefficient (Wildman–Crippen LogP) is 7.69. The van der Waals surface area contributed by atoms with Gasteiger partial charge in [-0.1, -0.05) is 24.3 Å². The van der Waals surface area contributed by atoms with Gasteiger partial charge in [0, 0.05) is 36.0 Å². The Morgan fingerprint density at radius 3 is 2.42 bits per heavy atom. The zero-order chi connectivity index (χ0) is 35.0. The second-order valence-electron chi connectivity index (χ2n) is 13.2. The van der Waals surface area contributed by atoms with Gasteiger partial charge in [-0.15, -0.1) is 6.58 Å². The van der Waals surface area contributed by atoms with E-state index >= 15 is 0 Å². The van der Waals surface area contributed by atoms with E-state index in [-0.39, 0.29) is 16.9 Å². The summed E-state index contributed by atoms with van der Waals surface area (Å²) in [4.78, 5) is 20.3. The van der Waals surface area contributed by atoms with Crippen LogP contribution in [-0.2, 0) is 25.2 Å². The summed E-state index contributed by atoms with van der Waals surface area (Å²) < 4.78 is 59.8. The van der Waals surface area contributed by atoms with Crippen molar-refractivity contribution in [3.63, 3.8) is 0 Å². The summed E-state index contributed by atoms with van der Waals surface area (Å²) in [6, 6.07) is 11.4. The molecule has 12 heteroatoms. The highest BCUT2D eigenvalue weighted by molar-refractivity contribution is 5.81. The number of halogens is 3. The number of phenolic OH excluding ortho intramolecular Hbond substituents is 1. The molecule has 5 rings (SSSR count). The number of anilines is 1. The van der Waals surface area contributed by atoms with E-state index in [0.717, 1.165) is 18.2 Å². The highest BCUT2D eigenvalue weighted by atomic mass is 19.4. The number of ether oxygens (including phenoxy) is 3. The van der Waals surface area contributed by atoms with Crippen molar-refractivity contribution in [1.82, 2.24) is 14.6 Å². The van der Waals surface area contributed by atoms with Crippen LogP contribution >= 0.6 is 0 Å². The fourth-order valence-electron chi connectivity index (χ4n) is 5.94. The quantitative estimate of drug-likeness (QED) is 0.144. The lowest BCUT2D eigenvalue weighted by Crippen LogP contribution is -2.45. The molecule has 1 saturated heterocycles. The third kappa shape index (κ3) is 7.34. The third-order valence-corrected chi connectivity index (χ3v) is 8.42. The second kappa shape index (κ2) is 13.2. The van der Waals surface area contributed by atoms with Gasteiger partial charge in [-0.25, -0.2) is 9.78 Å². The first-order chi connectivity index (χ1) is 22.5. The number of aromatic nitrogens is 3. The van der Waals surface area contributed by atoms with Crippen molar-refractivity contribution in [3.05, 3.63) is 78.0 Å². The van der Waals surface area contributed by atoms with E-state index in [1.54, 1.807) is 40.9 Å². The molecule has 9 nitrogen and oxygen atoms in total. The van der Waals surface area contributed by atoms with Gasteiger partial charge in [-0.3, -0.25) is 0 Å². The molecule has 48 heavy (non-hydrogen) atoms. The summed E-state index contributed by atoms with van der Waals surface area (Å²) in [6.07, 6.45) is -2.55. The Labute approximate surface area is 277 Å². The zero-order valence-electron chi connectivity index (χ0n) is 28.0. The van der Waals surface area contributed by atoms with E-state index in [0.29, 0.717) is 72.1 Å². The van der Waals surface area contributed by atoms with Crippen LogP contribution in [0, 0.1) is 6.92 Å². The van der Waals surface area contributed by atoms with Gasteiger partial charge in [-0.05, 0) is 77.3 Å². The smallest absolute Gasteiger partial charge is 0.416 e. The monoisotopic (exact) mass is 666 g/mol. The first-order valence-electron chi connectivity index (χ1n) is 15.7. The maximum atomic E-state index is 13.5. The SMILES string of the molecule is C=CCOC1(C)CCN(c2c([C@H](OC(C)(C)C)C(=O)OC)c(C)nc3cc(-c4cccc(-c5cc(C(F)(F)F)ccc5O)c4)nn23)CC1. The number of alkyl halides is 3. The van der Waals surface area contributed by atoms with Gasteiger partial charge in [0.25, 0.3) is 0 Å². The minimum Gasteiger partial charge on any atom is -0.507 e. The van der Waals surface area contributed by atoms with E-state index in [4.69, 9.17) is 24.3 Å². The van der Waals surface area contributed by atoms with Crippen LogP contribution in [0.5, 0.6) is 5.75 Å². The number of piperidine rings is 1. The molecule has 3 heterocycles. The maximum Gasteiger partial charge on any atom is 0.416 e. The lowest BCUT2D eigenvalue weighted by Gasteiger charge is -2.41. The lowest BCUT2D eigenvalue weighted by atomic mass is 9.92. The maximum absolute atomic E-state index is 13.5. The number of rotatable bonds is 9. The molecular weight excluding hydrogens is 625 g/mol. The summed E-state index contributed by atoms with van der Waals surface area (Å²) in [7, 11) is 1.31. The third-order valence-electron chi connectivity index (χ3n) is 8.42. The zero-order valence-corrected chi connectivity index (χ0v) is 28.0. The van der Waals surface area contributed by atoms with Crippen molar-refractivity contribution in [2.45, 2.75) is 70.9 Å². The summed E-state index contributed by atoms with van der Waals surface area (Å²) >= 11 is 0. The Bertz CT molecular complexity index is 1820. The molecule has 2 aromatic heterocycles. The van der Waals surface area contributed by atoms with Crippen molar-refractivity contribution in [1.29, 1.82) is 0 Å². The van der Waals surface area contributed by atoms with Crippen molar-refractivity contribution < 1.29 is 37.3 Å². The Kier molecular flexibility index (Phi) is 9.62. The Hall–Kier alpha value is -4.42. The highest BCUT2D eigenvalue weighted by Crippen LogP contribution is 2.40. The molecule has 1 fully saturated rings. The number of fused-ring (bicyclic) bond motifs is 1. The first-order valence-corrected chi connectivity index (χ1v) is 15.7. The number of hydrogen-bond acceptors (Lipinski definition) is 8. The number of phenols is 1. The van der Waals surface area contributed by atoms with Crippen molar-refractivity contribution >= 4 is 17.4 Å². The highest BCUT2D eigenvalue weighted by Gasteiger charge is 2.38. The van der Waals surface area contributed by atoms with Gasteiger partial charge in [0.1, 0.15) is 11.6 Å². The van der Waals surface area contributed by atoms with Crippen LogP contribution in [0.15, 0.2) is 61.2 Å². The topological polar surface area (TPSA) is 98.4 Å². The molecule has 256 valence electrons. The molecule has 0 spiro atoms. The number of nitrogens with zero attached hydrogens (tertiary/aromatic N) is 4. The number of carbonyl (C=O) groups is 1. The van der Waals surface area contributed by atoms with E-state index < -0.39 is 29.4 Å². The fraction of sp³-hybridized carbons (Fsp3) is 0.417. The molecule has 4 aromatic rings. The van der Waals surface area contributed by atoms with Crippen LogP contribution in [0.25, 0.3) is 28.0 Å². The van der Waals surface area contributed by atoms with E-state index in [2.05, 4.69) is 18.4 Å². The summed E-state index contributed by atoms with van der Waals surface area (Å²) in [5.41, 5.74) is 1.18. The van der Waals surface area contributed by atoms with E-state index in [9.17, 15) is 23.1 Å². The molecule has 0 saturated carbocycles.